The predicted molar refractivity (Wildman–Crippen MR) is 112 cm³/mol. The van der Waals surface area contributed by atoms with E-state index in [4.69, 9.17) is 5.11 Å². The van der Waals surface area contributed by atoms with Crippen LogP contribution in [0, 0.1) is 17.8 Å². The Bertz CT molecular complexity index is 433. The highest BCUT2D eigenvalue weighted by molar-refractivity contribution is 5.66. The topological polar surface area (TPSA) is 37.3 Å². The third kappa shape index (κ3) is 11.5. The fraction of sp³-hybridized carbons (Fsp3) is 0.792. The second-order valence-corrected chi connectivity index (χ2v) is 8.71. The molecule has 1 aliphatic rings. The molecule has 0 bridgehead atoms. The van der Waals surface area contributed by atoms with Gasteiger partial charge in [0.2, 0.25) is 0 Å². The van der Waals surface area contributed by atoms with Gasteiger partial charge in [-0.2, -0.15) is 0 Å². The molecule has 0 aromatic rings. The number of carboxylic acid groups (broad SMARTS) is 1. The second kappa shape index (κ2) is 14.1. The summed E-state index contributed by atoms with van der Waals surface area (Å²) in [6.45, 7) is 6.84. The van der Waals surface area contributed by atoms with Crippen LogP contribution in [-0.4, -0.2) is 11.1 Å². The lowest BCUT2D eigenvalue weighted by molar-refractivity contribution is -0.137. The van der Waals surface area contributed by atoms with Gasteiger partial charge in [-0.05, 0) is 76.0 Å². The van der Waals surface area contributed by atoms with Gasteiger partial charge < -0.3 is 5.11 Å². The van der Waals surface area contributed by atoms with Gasteiger partial charge in [-0.1, -0.05) is 63.3 Å². The Morgan fingerprint density at radius 2 is 1.85 bits per heavy atom. The van der Waals surface area contributed by atoms with Crippen molar-refractivity contribution < 1.29 is 9.90 Å². The maximum Gasteiger partial charge on any atom is 0.303 e. The quantitative estimate of drug-likeness (QED) is 0.256. The molecule has 150 valence electrons. The van der Waals surface area contributed by atoms with Crippen LogP contribution in [0.25, 0.3) is 0 Å². The number of unbranched alkanes of at least 4 members (excludes halogenated alkanes) is 5. The van der Waals surface area contributed by atoms with E-state index in [2.05, 4.69) is 39.0 Å². The molecule has 1 aliphatic carbocycles. The Balaban J connectivity index is 2.12. The summed E-state index contributed by atoms with van der Waals surface area (Å²) in [6.07, 6.45) is 22.5. The number of carboxylic acids is 1. The Hall–Kier alpha value is -1.05. The Morgan fingerprint density at radius 3 is 2.58 bits per heavy atom. The first kappa shape index (κ1) is 23.0. The van der Waals surface area contributed by atoms with Crippen LogP contribution in [0.5, 0.6) is 0 Å². The molecule has 0 spiro atoms. The number of carbonyl (C=O) groups is 1. The molecular formula is C24H42O2. The van der Waals surface area contributed by atoms with Gasteiger partial charge in [0.25, 0.3) is 0 Å². The zero-order chi connectivity index (χ0) is 19.2. The first-order chi connectivity index (χ1) is 12.5. The van der Waals surface area contributed by atoms with Crippen molar-refractivity contribution in [3.63, 3.8) is 0 Å². The van der Waals surface area contributed by atoms with Gasteiger partial charge in [0.05, 0.1) is 0 Å². The molecule has 0 aromatic heterocycles. The molecule has 1 fully saturated rings. The van der Waals surface area contributed by atoms with Gasteiger partial charge >= 0.3 is 5.97 Å². The summed E-state index contributed by atoms with van der Waals surface area (Å²) in [4.78, 5) is 10.5. The lowest BCUT2D eigenvalue weighted by Crippen LogP contribution is -2.05. The second-order valence-electron chi connectivity index (χ2n) is 8.71. The molecular weight excluding hydrogens is 320 g/mol. The van der Waals surface area contributed by atoms with Crippen LogP contribution in [0.15, 0.2) is 23.8 Å². The van der Waals surface area contributed by atoms with Gasteiger partial charge in [-0.3, -0.25) is 4.79 Å². The predicted octanol–water partition coefficient (Wildman–Crippen LogP) is 7.55. The van der Waals surface area contributed by atoms with E-state index in [1.165, 1.54) is 64.2 Å². The summed E-state index contributed by atoms with van der Waals surface area (Å²) in [5.74, 6) is 1.78. The van der Waals surface area contributed by atoms with E-state index >= 15 is 0 Å². The van der Waals surface area contributed by atoms with Crippen LogP contribution >= 0.6 is 0 Å². The summed E-state index contributed by atoms with van der Waals surface area (Å²) in [5.41, 5.74) is 1.54. The lowest BCUT2D eigenvalue weighted by atomic mass is 9.90. The maximum atomic E-state index is 10.5. The van der Waals surface area contributed by atoms with Gasteiger partial charge in [0, 0.05) is 6.42 Å². The molecule has 0 saturated heterocycles. The number of rotatable bonds is 14. The SMILES string of the molecule is CC(=CCCCC=C[C@H]1CCC[C@@H]1CCCCCCC(=O)O)CC(C)C. The van der Waals surface area contributed by atoms with E-state index in [0.29, 0.717) is 6.42 Å². The van der Waals surface area contributed by atoms with Crippen molar-refractivity contribution in [2.45, 2.75) is 104 Å². The lowest BCUT2D eigenvalue weighted by Gasteiger charge is -2.16. The Morgan fingerprint density at radius 1 is 1.08 bits per heavy atom. The van der Waals surface area contributed by atoms with Crippen LogP contribution < -0.4 is 0 Å². The third-order valence-corrected chi connectivity index (χ3v) is 5.61. The number of aliphatic carboxylic acids is 1. The molecule has 0 amide bonds. The Labute approximate surface area is 162 Å². The van der Waals surface area contributed by atoms with Crippen molar-refractivity contribution in [1.82, 2.24) is 0 Å². The smallest absolute Gasteiger partial charge is 0.303 e. The van der Waals surface area contributed by atoms with E-state index in [1.54, 1.807) is 5.57 Å². The minimum Gasteiger partial charge on any atom is -0.481 e. The van der Waals surface area contributed by atoms with Gasteiger partial charge in [0.1, 0.15) is 0 Å². The number of hydrogen-bond donors (Lipinski definition) is 1. The van der Waals surface area contributed by atoms with Gasteiger partial charge in [0.15, 0.2) is 0 Å². The standard InChI is InChI=1S/C24H42O2/c1-20(2)19-21(3)13-8-4-5-9-14-22-16-12-17-23(22)15-10-6-7-11-18-24(25)26/h9,13-14,20,22-23H,4-8,10-12,15-19H2,1-3H3,(H,25,26)/t22-,23-/m0/s1. The van der Waals surface area contributed by atoms with Crippen molar-refractivity contribution in [2.24, 2.45) is 17.8 Å². The largest absolute Gasteiger partial charge is 0.481 e. The minimum absolute atomic E-state index is 0.334. The number of allylic oxidation sites excluding steroid dienone is 4. The highest BCUT2D eigenvalue weighted by Gasteiger charge is 2.24. The highest BCUT2D eigenvalue weighted by atomic mass is 16.4. The van der Waals surface area contributed by atoms with E-state index in [-0.39, 0.29) is 0 Å². The van der Waals surface area contributed by atoms with Crippen LogP contribution in [0.4, 0.5) is 0 Å². The minimum atomic E-state index is -0.656. The molecule has 2 heteroatoms. The molecule has 1 saturated carbocycles. The van der Waals surface area contributed by atoms with Crippen molar-refractivity contribution >= 4 is 5.97 Å². The van der Waals surface area contributed by atoms with E-state index < -0.39 is 5.97 Å². The molecule has 26 heavy (non-hydrogen) atoms. The molecule has 2 atom stereocenters. The Kier molecular flexibility index (Phi) is 12.4. The summed E-state index contributed by atoms with van der Waals surface area (Å²) in [6, 6.07) is 0. The van der Waals surface area contributed by atoms with Gasteiger partial charge in [-0.25, -0.2) is 0 Å². The van der Waals surface area contributed by atoms with Crippen LogP contribution in [0.3, 0.4) is 0 Å². The third-order valence-electron chi connectivity index (χ3n) is 5.61. The average molecular weight is 363 g/mol. The fourth-order valence-electron chi connectivity index (χ4n) is 4.30. The van der Waals surface area contributed by atoms with E-state index in [1.807, 2.05) is 0 Å². The van der Waals surface area contributed by atoms with Crippen molar-refractivity contribution in [1.29, 1.82) is 0 Å². The van der Waals surface area contributed by atoms with E-state index in [0.717, 1.165) is 30.6 Å². The molecule has 1 rings (SSSR count). The van der Waals surface area contributed by atoms with Crippen molar-refractivity contribution in [3.05, 3.63) is 23.8 Å². The van der Waals surface area contributed by atoms with Crippen LogP contribution in [-0.2, 0) is 4.79 Å². The molecule has 0 radical (unpaired) electrons. The molecule has 0 aliphatic heterocycles. The summed E-state index contributed by atoms with van der Waals surface area (Å²) in [5, 5.41) is 8.66. The molecule has 2 nitrogen and oxygen atoms in total. The zero-order valence-electron chi connectivity index (χ0n) is 17.5. The first-order valence-corrected chi connectivity index (χ1v) is 11.0. The molecule has 0 aromatic carbocycles. The zero-order valence-corrected chi connectivity index (χ0v) is 17.5. The molecule has 0 heterocycles. The fourth-order valence-corrected chi connectivity index (χ4v) is 4.30. The van der Waals surface area contributed by atoms with Crippen LogP contribution in [0.1, 0.15) is 104 Å². The maximum absolute atomic E-state index is 10.5. The van der Waals surface area contributed by atoms with E-state index in [9.17, 15) is 4.79 Å². The monoisotopic (exact) mass is 362 g/mol. The van der Waals surface area contributed by atoms with Crippen LogP contribution in [0.2, 0.25) is 0 Å². The highest BCUT2D eigenvalue weighted by Crippen LogP contribution is 2.36. The molecule has 1 N–H and O–H groups in total. The first-order valence-electron chi connectivity index (χ1n) is 11.0. The molecule has 0 unspecified atom stereocenters. The van der Waals surface area contributed by atoms with Gasteiger partial charge in [-0.15, -0.1) is 0 Å². The summed E-state index contributed by atoms with van der Waals surface area (Å²) in [7, 11) is 0. The summed E-state index contributed by atoms with van der Waals surface area (Å²) >= 11 is 0. The van der Waals surface area contributed by atoms with Crippen molar-refractivity contribution in [2.75, 3.05) is 0 Å². The average Bonchev–Trinajstić information content (AvgIpc) is 3.00. The normalized spacial score (nSPS) is 21.2. The van der Waals surface area contributed by atoms with Crippen molar-refractivity contribution in [3.8, 4) is 0 Å². The summed E-state index contributed by atoms with van der Waals surface area (Å²) < 4.78 is 0. The number of hydrogen-bond acceptors (Lipinski definition) is 1.